The fourth-order valence-electron chi connectivity index (χ4n) is 4.92. The zero-order valence-electron chi connectivity index (χ0n) is 19.2. The van der Waals surface area contributed by atoms with Crippen LogP contribution in [0.2, 0.25) is 0 Å². The van der Waals surface area contributed by atoms with Crippen LogP contribution in [0.5, 0.6) is 11.5 Å². The second-order valence-electron chi connectivity index (χ2n) is 8.85. The standard InChI is InChI=1S/C26H22N2O7/c1-14(2)15-11-12-17-21(13-15)35-26(31)18-8-6-9-19(28(32)33)22(18)23(29)25(17,26)27-24(30)16-7-4-5-10-20(16)34-3/h4-14,31H,1-3H3,(H,27,30). The average molecular weight is 474 g/mol. The number of ether oxygens (including phenoxy) is 2. The molecule has 3 aromatic carbocycles. The van der Waals surface area contributed by atoms with Crippen LogP contribution in [0.1, 0.15) is 57.2 Å². The molecule has 1 amide bonds. The Kier molecular flexibility index (Phi) is 4.92. The number of carbonyl (C=O) groups is 2. The molecule has 1 heterocycles. The van der Waals surface area contributed by atoms with Crippen molar-refractivity contribution in [2.45, 2.75) is 31.1 Å². The second-order valence-corrected chi connectivity index (χ2v) is 8.85. The monoisotopic (exact) mass is 474 g/mol. The van der Waals surface area contributed by atoms with E-state index >= 15 is 0 Å². The number of nitro groups is 1. The van der Waals surface area contributed by atoms with Crippen molar-refractivity contribution in [3.63, 3.8) is 0 Å². The zero-order valence-corrected chi connectivity index (χ0v) is 19.2. The SMILES string of the molecule is COc1ccccc1C(=O)NC12C(=O)c3c([N+](=O)[O-])cccc3C1(O)Oc1cc(C(C)C)ccc12. The Hall–Kier alpha value is -4.24. The summed E-state index contributed by atoms with van der Waals surface area (Å²) in [4.78, 5) is 38.6. The highest BCUT2D eigenvalue weighted by Crippen LogP contribution is 2.59. The molecule has 9 nitrogen and oxygen atoms in total. The van der Waals surface area contributed by atoms with Crippen LogP contribution < -0.4 is 14.8 Å². The molecule has 2 N–H and O–H groups in total. The van der Waals surface area contributed by atoms with Crippen LogP contribution in [0.4, 0.5) is 5.69 Å². The van der Waals surface area contributed by atoms with Crippen LogP contribution in [0.15, 0.2) is 60.7 Å². The van der Waals surface area contributed by atoms with Gasteiger partial charge in [0.15, 0.2) is 0 Å². The van der Waals surface area contributed by atoms with Crippen LogP contribution in [0.25, 0.3) is 0 Å². The van der Waals surface area contributed by atoms with Crippen molar-refractivity contribution in [2.75, 3.05) is 7.11 Å². The normalized spacial score (nSPS) is 21.7. The van der Waals surface area contributed by atoms with Crippen LogP contribution in [0, 0.1) is 10.1 Å². The number of methoxy groups -OCH3 is 1. The van der Waals surface area contributed by atoms with E-state index in [1.807, 2.05) is 13.8 Å². The summed E-state index contributed by atoms with van der Waals surface area (Å²) in [5, 5.41) is 26.4. The van der Waals surface area contributed by atoms with E-state index in [9.17, 15) is 24.8 Å². The van der Waals surface area contributed by atoms with E-state index in [0.29, 0.717) is 0 Å². The van der Waals surface area contributed by atoms with Crippen molar-refractivity contribution in [1.82, 2.24) is 5.32 Å². The molecule has 2 aliphatic rings. The number of nitro benzene ring substituents is 1. The number of hydrogen-bond acceptors (Lipinski definition) is 7. The summed E-state index contributed by atoms with van der Waals surface area (Å²) in [7, 11) is 1.40. The summed E-state index contributed by atoms with van der Waals surface area (Å²) >= 11 is 0. The predicted octanol–water partition coefficient (Wildman–Crippen LogP) is 3.79. The maximum Gasteiger partial charge on any atom is 0.280 e. The lowest BCUT2D eigenvalue weighted by Crippen LogP contribution is -2.60. The topological polar surface area (TPSA) is 128 Å². The van der Waals surface area contributed by atoms with Crippen LogP contribution in [-0.2, 0) is 11.3 Å². The lowest BCUT2D eigenvalue weighted by molar-refractivity contribution is -0.385. The van der Waals surface area contributed by atoms with E-state index < -0.39 is 33.6 Å². The first kappa shape index (κ1) is 22.5. The number of para-hydroxylation sites is 1. The van der Waals surface area contributed by atoms with Gasteiger partial charge < -0.3 is 19.9 Å². The summed E-state index contributed by atoms with van der Waals surface area (Å²) in [6.07, 6.45) is 0. The fraction of sp³-hybridized carbons (Fsp3) is 0.231. The highest BCUT2D eigenvalue weighted by atomic mass is 16.6. The Morgan fingerprint density at radius 3 is 2.54 bits per heavy atom. The molecular weight excluding hydrogens is 452 g/mol. The molecule has 3 aromatic rings. The van der Waals surface area contributed by atoms with Gasteiger partial charge in [-0.25, -0.2) is 0 Å². The average Bonchev–Trinajstić information content (AvgIpc) is 3.20. The molecule has 0 saturated heterocycles. The van der Waals surface area contributed by atoms with Crippen molar-refractivity contribution in [2.24, 2.45) is 0 Å². The third kappa shape index (κ3) is 2.91. The molecular formula is C26H22N2O7. The summed E-state index contributed by atoms with van der Waals surface area (Å²) in [6.45, 7) is 3.96. The molecule has 0 radical (unpaired) electrons. The number of amides is 1. The largest absolute Gasteiger partial charge is 0.496 e. The second kappa shape index (κ2) is 7.64. The summed E-state index contributed by atoms with van der Waals surface area (Å²) in [5.74, 6) is -3.35. The van der Waals surface area contributed by atoms with Crippen LogP contribution >= 0.6 is 0 Å². The molecule has 2 atom stereocenters. The molecule has 0 spiro atoms. The van der Waals surface area contributed by atoms with E-state index in [-0.39, 0.29) is 39.7 Å². The molecule has 0 fully saturated rings. The Labute approximate surface area is 200 Å². The molecule has 35 heavy (non-hydrogen) atoms. The van der Waals surface area contributed by atoms with Gasteiger partial charge in [0, 0.05) is 17.2 Å². The number of nitrogens with zero attached hydrogens (tertiary/aromatic N) is 1. The van der Waals surface area contributed by atoms with Gasteiger partial charge in [0.25, 0.3) is 17.4 Å². The Morgan fingerprint density at radius 1 is 1.11 bits per heavy atom. The molecule has 178 valence electrons. The summed E-state index contributed by atoms with van der Waals surface area (Å²) in [6, 6.07) is 15.5. The molecule has 1 aliphatic carbocycles. The number of fused-ring (bicyclic) bond motifs is 5. The van der Waals surface area contributed by atoms with E-state index in [1.54, 1.807) is 36.4 Å². The van der Waals surface area contributed by atoms with Gasteiger partial charge in [0.2, 0.25) is 11.3 Å². The minimum atomic E-state index is -2.40. The zero-order chi connectivity index (χ0) is 25.1. The Morgan fingerprint density at radius 2 is 1.86 bits per heavy atom. The van der Waals surface area contributed by atoms with Crippen molar-refractivity contribution in [1.29, 1.82) is 0 Å². The number of hydrogen-bond donors (Lipinski definition) is 2. The third-order valence-corrected chi connectivity index (χ3v) is 6.67. The number of ketones is 1. The minimum Gasteiger partial charge on any atom is -0.496 e. The van der Waals surface area contributed by atoms with Gasteiger partial charge in [-0.1, -0.05) is 50.2 Å². The van der Waals surface area contributed by atoms with E-state index in [1.165, 1.54) is 31.4 Å². The highest BCUT2D eigenvalue weighted by Gasteiger charge is 2.73. The first-order chi connectivity index (χ1) is 16.7. The molecule has 1 aliphatic heterocycles. The number of aliphatic hydroxyl groups is 1. The fourth-order valence-corrected chi connectivity index (χ4v) is 4.92. The van der Waals surface area contributed by atoms with Gasteiger partial charge in [-0.3, -0.25) is 19.7 Å². The lowest BCUT2D eigenvalue weighted by atomic mass is 9.82. The number of carbonyl (C=O) groups excluding carboxylic acids is 2. The van der Waals surface area contributed by atoms with Crippen LogP contribution in [-0.4, -0.2) is 28.8 Å². The van der Waals surface area contributed by atoms with Gasteiger partial charge in [-0.05, 0) is 29.7 Å². The molecule has 0 bridgehead atoms. The summed E-state index contributed by atoms with van der Waals surface area (Å²) in [5.41, 5.74) is -1.79. The Bertz CT molecular complexity index is 1420. The first-order valence-corrected chi connectivity index (χ1v) is 11.0. The smallest absolute Gasteiger partial charge is 0.280 e. The number of Topliss-reactive ketones (excluding diaryl/α,β-unsaturated/α-hetero) is 1. The quantitative estimate of drug-likeness (QED) is 0.425. The van der Waals surface area contributed by atoms with Gasteiger partial charge in [0.05, 0.1) is 17.6 Å². The predicted molar refractivity (Wildman–Crippen MR) is 125 cm³/mol. The van der Waals surface area contributed by atoms with Gasteiger partial charge >= 0.3 is 0 Å². The van der Waals surface area contributed by atoms with Crippen molar-refractivity contribution < 1.29 is 29.1 Å². The Balaban J connectivity index is 1.76. The molecule has 0 aromatic heterocycles. The van der Waals surface area contributed by atoms with E-state index in [0.717, 1.165) is 5.56 Å². The number of rotatable bonds is 5. The van der Waals surface area contributed by atoms with Crippen molar-refractivity contribution >= 4 is 17.4 Å². The number of nitrogens with one attached hydrogen (secondary N) is 1. The maximum absolute atomic E-state index is 14.0. The maximum atomic E-state index is 14.0. The summed E-state index contributed by atoms with van der Waals surface area (Å²) < 4.78 is 11.3. The first-order valence-electron chi connectivity index (χ1n) is 11.0. The molecule has 9 heteroatoms. The van der Waals surface area contributed by atoms with E-state index in [2.05, 4.69) is 5.32 Å². The van der Waals surface area contributed by atoms with Crippen molar-refractivity contribution in [3.05, 3.63) is 98.6 Å². The van der Waals surface area contributed by atoms with Crippen molar-refractivity contribution in [3.8, 4) is 11.5 Å². The lowest BCUT2D eigenvalue weighted by Gasteiger charge is -2.34. The van der Waals surface area contributed by atoms with Gasteiger partial charge in [-0.15, -0.1) is 0 Å². The minimum absolute atomic E-state index is 0.0840. The number of benzene rings is 3. The van der Waals surface area contributed by atoms with Crippen LogP contribution in [0.3, 0.4) is 0 Å². The van der Waals surface area contributed by atoms with Gasteiger partial charge in [0.1, 0.15) is 17.1 Å². The third-order valence-electron chi connectivity index (χ3n) is 6.67. The van der Waals surface area contributed by atoms with Gasteiger partial charge in [-0.2, -0.15) is 0 Å². The highest BCUT2D eigenvalue weighted by molar-refractivity contribution is 6.15. The molecule has 2 unspecified atom stereocenters. The van der Waals surface area contributed by atoms with E-state index in [4.69, 9.17) is 9.47 Å². The molecule has 5 rings (SSSR count). The molecule has 0 saturated carbocycles.